The molecule has 1 saturated carbocycles. The van der Waals surface area contributed by atoms with Gasteiger partial charge in [-0.05, 0) is 24.7 Å². The zero-order chi connectivity index (χ0) is 15.2. The van der Waals surface area contributed by atoms with Crippen molar-refractivity contribution in [3.8, 4) is 0 Å². The van der Waals surface area contributed by atoms with Crippen LogP contribution in [0.2, 0.25) is 0 Å². The summed E-state index contributed by atoms with van der Waals surface area (Å²) in [5.74, 6) is 3.83. The van der Waals surface area contributed by atoms with Gasteiger partial charge in [0.15, 0.2) is 0 Å². The van der Waals surface area contributed by atoms with Gasteiger partial charge in [0, 0.05) is 18.3 Å². The zero-order valence-corrected chi connectivity index (χ0v) is 14.5. The summed E-state index contributed by atoms with van der Waals surface area (Å²) >= 11 is 0. The van der Waals surface area contributed by atoms with E-state index in [2.05, 4.69) is 26.2 Å². The van der Waals surface area contributed by atoms with Crippen molar-refractivity contribution in [1.29, 1.82) is 0 Å². The summed E-state index contributed by atoms with van der Waals surface area (Å²) in [7, 11) is 4.97. The van der Waals surface area contributed by atoms with Gasteiger partial charge in [0.1, 0.15) is 13.1 Å². The van der Waals surface area contributed by atoms with E-state index in [1.165, 1.54) is 67.5 Å². The van der Waals surface area contributed by atoms with Crippen molar-refractivity contribution in [3.05, 3.63) is 12.2 Å². The summed E-state index contributed by atoms with van der Waals surface area (Å²) in [5.41, 5.74) is 0. The number of allylic oxidation sites excluding steroid dienone is 2. The van der Waals surface area contributed by atoms with Crippen molar-refractivity contribution >= 4 is 0 Å². The number of quaternary nitrogens is 2. The van der Waals surface area contributed by atoms with Crippen LogP contribution < -0.4 is 0 Å². The molecule has 3 heteroatoms. The van der Waals surface area contributed by atoms with Gasteiger partial charge in [0.25, 0.3) is 0 Å². The van der Waals surface area contributed by atoms with Gasteiger partial charge >= 0.3 is 0 Å². The van der Waals surface area contributed by atoms with Crippen LogP contribution in [0, 0.1) is 23.7 Å². The van der Waals surface area contributed by atoms with Crippen molar-refractivity contribution in [2.75, 3.05) is 66.6 Å². The van der Waals surface area contributed by atoms with Gasteiger partial charge in [0.2, 0.25) is 0 Å². The van der Waals surface area contributed by atoms with E-state index in [0.29, 0.717) is 0 Å². The van der Waals surface area contributed by atoms with Crippen molar-refractivity contribution in [3.63, 3.8) is 0 Å². The minimum absolute atomic E-state index is 0.916. The molecule has 124 valence electrons. The van der Waals surface area contributed by atoms with Gasteiger partial charge in [-0.25, -0.2) is 0 Å². The molecular formula is C19H34N2O+2. The minimum Gasteiger partial charge on any atom is -0.370 e. The summed E-state index contributed by atoms with van der Waals surface area (Å²) in [6.45, 7) is 9.97. The molecule has 2 bridgehead atoms. The molecule has 5 rings (SSSR count). The number of morpholine rings is 1. The predicted octanol–water partition coefficient (Wildman–Crippen LogP) is 2.14. The number of nitrogens with zero attached hydrogens (tertiary/aromatic N) is 2. The van der Waals surface area contributed by atoms with Crippen LogP contribution in [0.15, 0.2) is 12.2 Å². The number of ether oxygens (including phenoxy) is 1. The fraction of sp³-hybridized carbons (Fsp3) is 0.895. The van der Waals surface area contributed by atoms with Crippen LogP contribution in [-0.4, -0.2) is 75.5 Å². The fourth-order valence-electron chi connectivity index (χ4n) is 5.87. The van der Waals surface area contributed by atoms with Crippen molar-refractivity contribution < 1.29 is 13.7 Å². The third kappa shape index (κ3) is 2.76. The normalized spacial score (nSPS) is 41.5. The summed E-state index contributed by atoms with van der Waals surface area (Å²) in [6.07, 6.45) is 9.44. The van der Waals surface area contributed by atoms with Crippen molar-refractivity contribution in [2.45, 2.75) is 19.3 Å². The van der Waals surface area contributed by atoms with Gasteiger partial charge in [-0.3, -0.25) is 0 Å². The highest BCUT2D eigenvalue weighted by Gasteiger charge is 2.51. The van der Waals surface area contributed by atoms with Gasteiger partial charge < -0.3 is 13.7 Å². The van der Waals surface area contributed by atoms with E-state index in [1.807, 2.05) is 0 Å². The lowest BCUT2D eigenvalue weighted by molar-refractivity contribution is -0.928. The molecule has 0 aromatic heterocycles. The third-order valence-electron chi connectivity index (χ3n) is 7.34. The summed E-state index contributed by atoms with van der Waals surface area (Å²) < 4.78 is 8.12. The molecule has 3 fully saturated rings. The number of rotatable bonds is 4. The second kappa shape index (κ2) is 5.61. The first-order valence-electron chi connectivity index (χ1n) is 9.50. The number of likely N-dealkylation sites (tertiary alicyclic amines) is 1. The maximum absolute atomic E-state index is 5.53. The second-order valence-corrected chi connectivity index (χ2v) is 9.08. The first kappa shape index (κ1) is 15.2. The second-order valence-electron chi connectivity index (χ2n) is 9.08. The molecule has 0 aromatic rings. The molecule has 0 amide bonds. The Labute approximate surface area is 136 Å². The third-order valence-corrected chi connectivity index (χ3v) is 7.34. The van der Waals surface area contributed by atoms with Gasteiger partial charge in [-0.2, -0.15) is 0 Å². The maximum Gasteiger partial charge on any atom is 0.102 e. The fourth-order valence-corrected chi connectivity index (χ4v) is 5.87. The Kier molecular flexibility index (Phi) is 3.87. The Bertz CT molecular complexity index is 419. The number of fused-ring (bicyclic) bond motifs is 1. The molecule has 5 aliphatic rings. The Morgan fingerprint density at radius 2 is 1.41 bits per heavy atom. The quantitative estimate of drug-likeness (QED) is 0.571. The van der Waals surface area contributed by atoms with Crippen LogP contribution in [0.3, 0.4) is 0 Å². The molecule has 2 heterocycles. The SMILES string of the molecule is C[N+]1(CCC[N+]2(C)C[C@H]3[C@H](C2)[C@@H]2C=C[C@@H]3CC2)CCOCC1. The number of likely N-dealkylation sites (N-methyl/N-ethyl adjacent to an activating group) is 1. The van der Waals surface area contributed by atoms with Crippen LogP contribution in [-0.2, 0) is 4.74 Å². The molecule has 0 aromatic carbocycles. The lowest BCUT2D eigenvalue weighted by atomic mass is 9.64. The molecule has 3 aliphatic carbocycles. The molecule has 0 spiro atoms. The minimum atomic E-state index is 0.916. The average Bonchev–Trinajstić information content (AvgIpc) is 2.88. The van der Waals surface area contributed by atoms with E-state index in [4.69, 9.17) is 4.74 Å². The highest BCUT2D eigenvalue weighted by molar-refractivity contribution is 5.10. The van der Waals surface area contributed by atoms with Crippen LogP contribution in [0.4, 0.5) is 0 Å². The van der Waals surface area contributed by atoms with Crippen molar-refractivity contribution in [2.24, 2.45) is 23.7 Å². The number of hydrogen-bond acceptors (Lipinski definition) is 1. The van der Waals surface area contributed by atoms with E-state index in [-0.39, 0.29) is 0 Å². The van der Waals surface area contributed by atoms with Crippen molar-refractivity contribution in [1.82, 2.24) is 0 Å². The molecule has 4 atom stereocenters. The van der Waals surface area contributed by atoms with Crippen LogP contribution in [0.25, 0.3) is 0 Å². The molecule has 2 aliphatic heterocycles. The Hall–Kier alpha value is -0.380. The molecule has 3 nitrogen and oxygen atoms in total. The highest BCUT2D eigenvalue weighted by atomic mass is 16.5. The molecule has 22 heavy (non-hydrogen) atoms. The van der Waals surface area contributed by atoms with Gasteiger partial charge in [-0.15, -0.1) is 0 Å². The average molecular weight is 306 g/mol. The lowest BCUT2D eigenvalue weighted by Crippen LogP contribution is -2.53. The lowest BCUT2D eigenvalue weighted by Gasteiger charge is -2.38. The van der Waals surface area contributed by atoms with Crippen LogP contribution >= 0.6 is 0 Å². The van der Waals surface area contributed by atoms with E-state index in [0.717, 1.165) is 36.9 Å². The topological polar surface area (TPSA) is 9.23 Å². The summed E-state index contributed by atoms with van der Waals surface area (Å²) in [5, 5.41) is 0. The predicted molar refractivity (Wildman–Crippen MR) is 89.3 cm³/mol. The zero-order valence-electron chi connectivity index (χ0n) is 14.5. The van der Waals surface area contributed by atoms with Crippen LogP contribution in [0.1, 0.15) is 19.3 Å². The Morgan fingerprint density at radius 3 is 1.95 bits per heavy atom. The van der Waals surface area contributed by atoms with Gasteiger partial charge in [0.05, 0.1) is 53.5 Å². The molecular weight excluding hydrogens is 272 g/mol. The summed E-state index contributed by atoms with van der Waals surface area (Å²) in [6, 6.07) is 0. The molecule has 0 unspecified atom stereocenters. The largest absolute Gasteiger partial charge is 0.370 e. The Morgan fingerprint density at radius 1 is 0.864 bits per heavy atom. The van der Waals surface area contributed by atoms with Gasteiger partial charge in [-0.1, -0.05) is 12.2 Å². The first-order valence-corrected chi connectivity index (χ1v) is 9.50. The van der Waals surface area contributed by atoms with Crippen LogP contribution in [0.5, 0.6) is 0 Å². The standard InChI is InChI=1S/C19H34N2O/c1-20(10-12-22-13-11-20)8-3-9-21(2)14-18-16-4-5-17(7-6-16)19(18)15-21/h4-5,16-19H,3,6-15H2,1-2H3/q+2/t16-,17-,18-,19-/m1/s1. The van der Waals surface area contributed by atoms with E-state index in [9.17, 15) is 0 Å². The molecule has 0 radical (unpaired) electrons. The van der Waals surface area contributed by atoms with E-state index < -0.39 is 0 Å². The smallest absolute Gasteiger partial charge is 0.102 e. The monoisotopic (exact) mass is 306 g/mol. The number of hydrogen-bond donors (Lipinski definition) is 0. The highest BCUT2D eigenvalue weighted by Crippen LogP contribution is 2.49. The van der Waals surface area contributed by atoms with E-state index in [1.54, 1.807) is 0 Å². The Balaban J connectivity index is 1.32. The summed E-state index contributed by atoms with van der Waals surface area (Å²) in [4.78, 5) is 0. The molecule has 0 N–H and O–H groups in total. The molecule has 2 saturated heterocycles. The van der Waals surface area contributed by atoms with E-state index >= 15 is 0 Å². The first-order chi connectivity index (χ1) is 10.6. The maximum atomic E-state index is 5.53.